The third-order valence-corrected chi connectivity index (χ3v) is 15.9. The average Bonchev–Trinajstić information content (AvgIpc) is 3.38. The summed E-state index contributed by atoms with van der Waals surface area (Å²) in [5.74, 6) is -0.560. The molecule has 0 bridgehead atoms. The van der Waals surface area contributed by atoms with E-state index in [0.717, 1.165) is 32.1 Å². The van der Waals surface area contributed by atoms with E-state index in [1.165, 1.54) is 340 Å². The van der Waals surface area contributed by atoms with Crippen molar-refractivity contribution in [3.63, 3.8) is 0 Å². The van der Waals surface area contributed by atoms with Crippen LogP contribution >= 0.6 is 0 Å². The summed E-state index contributed by atoms with van der Waals surface area (Å²) in [5.41, 5.74) is 0. The Balaban J connectivity index is 3.35. The van der Waals surface area contributed by atoms with Crippen molar-refractivity contribution >= 4 is 11.9 Å². The van der Waals surface area contributed by atoms with Gasteiger partial charge in [-0.3, -0.25) is 9.59 Å². The molecule has 1 N–H and O–H groups in total. The molecule has 0 aromatic heterocycles. The molecule has 0 aliphatic heterocycles. The molecular weight excluding hydrogens is 885 g/mol. The number of unbranched alkanes of at least 4 members (excludes halogenated alkanes) is 56. The van der Waals surface area contributed by atoms with E-state index in [9.17, 15) is 14.7 Å². The summed E-state index contributed by atoms with van der Waals surface area (Å²) < 4.78 is 10.8. The number of hydrogen-bond acceptors (Lipinski definition) is 5. The van der Waals surface area contributed by atoms with Gasteiger partial charge in [0.15, 0.2) is 6.10 Å². The lowest BCUT2D eigenvalue weighted by Crippen LogP contribution is -2.28. The van der Waals surface area contributed by atoms with Crippen molar-refractivity contribution in [1.29, 1.82) is 0 Å². The molecule has 0 heterocycles. The number of hydrogen-bond donors (Lipinski definition) is 1. The van der Waals surface area contributed by atoms with Gasteiger partial charge in [-0.2, -0.15) is 0 Å². The fourth-order valence-electron chi connectivity index (χ4n) is 10.9. The first-order valence-electron chi connectivity index (χ1n) is 33.6. The van der Waals surface area contributed by atoms with Crippen molar-refractivity contribution in [2.75, 3.05) is 13.2 Å². The zero-order valence-corrected chi connectivity index (χ0v) is 49.5. The maximum absolute atomic E-state index is 12.3. The molecule has 0 aliphatic carbocycles. The minimum atomic E-state index is -0.765. The van der Waals surface area contributed by atoms with Crippen LogP contribution in [0.2, 0.25) is 0 Å². The molecule has 0 saturated carbocycles. The van der Waals surface area contributed by atoms with Crippen molar-refractivity contribution in [3.05, 3.63) is 0 Å². The zero-order chi connectivity index (χ0) is 52.0. The van der Waals surface area contributed by atoms with Crippen LogP contribution in [0, 0.1) is 0 Å². The van der Waals surface area contributed by atoms with Gasteiger partial charge in [0, 0.05) is 12.8 Å². The fraction of sp³-hybridized carbons (Fsp3) is 0.970. The molecule has 72 heavy (non-hydrogen) atoms. The monoisotopic (exact) mass is 1020 g/mol. The van der Waals surface area contributed by atoms with E-state index in [2.05, 4.69) is 13.8 Å². The standard InChI is InChI=1S/C67H132O5/c1-3-5-7-9-11-13-15-17-19-21-23-25-27-28-29-30-31-32-33-34-35-36-37-38-40-42-44-46-48-50-52-54-56-58-60-62-67(70)72-65(63-68)64-71-66(69)61-59-57-55-53-51-49-47-45-43-41-39-26-24-22-20-18-16-14-12-10-8-6-4-2/h65,68H,3-64H2,1-2H3. The molecule has 0 rings (SSSR count). The molecule has 0 fully saturated rings. The highest BCUT2D eigenvalue weighted by Gasteiger charge is 2.16. The first-order valence-corrected chi connectivity index (χ1v) is 33.6. The number of esters is 2. The van der Waals surface area contributed by atoms with Crippen LogP contribution < -0.4 is 0 Å². The summed E-state index contributed by atoms with van der Waals surface area (Å²) in [6.45, 7) is 4.22. The van der Waals surface area contributed by atoms with Gasteiger partial charge in [0.05, 0.1) is 6.61 Å². The molecule has 0 amide bonds. The van der Waals surface area contributed by atoms with Crippen molar-refractivity contribution in [1.82, 2.24) is 0 Å². The molecule has 1 atom stereocenters. The highest BCUT2D eigenvalue weighted by molar-refractivity contribution is 5.70. The van der Waals surface area contributed by atoms with Crippen LogP contribution in [0.4, 0.5) is 0 Å². The van der Waals surface area contributed by atoms with Gasteiger partial charge >= 0.3 is 11.9 Å². The minimum Gasteiger partial charge on any atom is -0.462 e. The molecule has 5 nitrogen and oxygen atoms in total. The number of carbonyl (C=O) groups excluding carboxylic acids is 2. The van der Waals surface area contributed by atoms with Crippen LogP contribution in [0.1, 0.15) is 399 Å². The second-order valence-corrected chi connectivity index (χ2v) is 23.3. The van der Waals surface area contributed by atoms with Gasteiger partial charge in [-0.05, 0) is 12.8 Å². The molecule has 0 saturated heterocycles. The maximum atomic E-state index is 12.3. The average molecular weight is 1020 g/mol. The summed E-state index contributed by atoms with van der Waals surface area (Å²) in [4.78, 5) is 24.6. The van der Waals surface area contributed by atoms with E-state index >= 15 is 0 Å². The maximum Gasteiger partial charge on any atom is 0.306 e. The normalized spacial score (nSPS) is 12.0. The van der Waals surface area contributed by atoms with E-state index in [-0.39, 0.29) is 25.2 Å². The van der Waals surface area contributed by atoms with Crippen LogP contribution in [-0.4, -0.2) is 36.4 Å². The summed E-state index contributed by atoms with van der Waals surface area (Å²) >= 11 is 0. The number of carbonyl (C=O) groups is 2. The Labute approximate surface area is 452 Å². The molecule has 0 aliphatic rings. The number of rotatable bonds is 64. The molecule has 0 aromatic rings. The highest BCUT2D eigenvalue weighted by Crippen LogP contribution is 2.20. The van der Waals surface area contributed by atoms with Gasteiger partial charge in [0.2, 0.25) is 0 Å². The van der Waals surface area contributed by atoms with Crippen molar-refractivity contribution in [2.45, 2.75) is 405 Å². The summed E-state index contributed by atoms with van der Waals surface area (Å²) in [5, 5.41) is 9.68. The Hall–Kier alpha value is -1.10. The largest absolute Gasteiger partial charge is 0.462 e. The Morgan fingerprint density at radius 1 is 0.264 bits per heavy atom. The molecule has 5 heteroatoms. The lowest BCUT2D eigenvalue weighted by molar-refractivity contribution is -0.161. The van der Waals surface area contributed by atoms with Crippen LogP contribution in [0.5, 0.6) is 0 Å². The Bertz CT molecular complexity index is 1010. The predicted molar refractivity (Wildman–Crippen MR) is 316 cm³/mol. The quantitative estimate of drug-likeness (QED) is 0.0485. The molecule has 430 valence electrons. The molecule has 0 spiro atoms. The van der Waals surface area contributed by atoms with Gasteiger partial charge < -0.3 is 14.6 Å². The number of aliphatic hydroxyl groups is 1. The first kappa shape index (κ1) is 70.9. The van der Waals surface area contributed by atoms with Crippen molar-refractivity contribution in [3.8, 4) is 0 Å². The minimum absolute atomic E-state index is 0.0554. The van der Waals surface area contributed by atoms with Crippen molar-refractivity contribution in [2.24, 2.45) is 0 Å². The predicted octanol–water partition coefficient (Wildman–Crippen LogP) is 22.9. The van der Waals surface area contributed by atoms with Crippen LogP contribution in [0.3, 0.4) is 0 Å². The Kier molecular flexibility index (Phi) is 63.2. The third-order valence-electron chi connectivity index (χ3n) is 15.9. The highest BCUT2D eigenvalue weighted by atomic mass is 16.6. The van der Waals surface area contributed by atoms with Gasteiger partial charge in [0.25, 0.3) is 0 Å². The van der Waals surface area contributed by atoms with E-state index in [1.807, 2.05) is 0 Å². The topological polar surface area (TPSA) is 72.8 Å². The summed E-state index contributed by atoms with van der Waals surface area (Å²) in [6, 6.07) is 0. The SMILES string of the molecule is CCCCCCCCCCCCCCCCCCCCCCCCCCCCCCCCCCCCCC(=O)OC(CO)COC(=O)CCCCCCCCCCCCCCCCCCCCCCCCC. The Morgan fingerprint density at radius 2 is 0.431 bits per heavy atom. The van der Waals surface area contributed by atoms with E-state index < -0.39 is 6.10 Å². The van der Waals surface area contributed by atoms with Crippen LogP contribution in [0.15, 0.2) is 0 Å². The third kappa shape index (κ3) is 61.4. The summed E-state index contributed by atoms with van der Waals surface area (Å²) in [7, 11) is 0. The van der Waals surface area contributed by atoms with E-state index in [4.69, 9.17) is 9.47 Å². The second kappa shape index (κ2) is 64.2. The van der Waals surface area contributed by atoms with Gasteiger partial charge in [-0.25, -0.2) is 0 Å². The summed E-state index contributed by atoms with van der Waals surface area (Å²) in [6.07, 6.45) is 80.0. The first-order chi connectivity index (χ1) is 35.6. The van der Waals surface area contributed by atoms with Gasteiger partial charge in [0.1, 0.15) is 6.61 Å². The molecule has 0 aromatic carbocycles. The lowest BCUT2D eigenvalue weighted by Gasteiger charge is -2.15. The molecular formula is C67H132O5. The van der Waals surface area contributed by atoms with E-state index in [0.29, 0.717) is 12.8 Å². The van der Waals surface area contributed by atoms with Gasteiger partial charge in [-0.15, -0.1) is 0 Å². The van der Waals surface area contributed by atoms with Crippen LogP contribution in [0.25, 0.3) is 0 Å². The van der Waals surface area contributed by atoms with Crippen molar-refractivity contribution < 1.29 is 24.2 Å². The molecule has 1 unspecified atom stereocenters. The van der Waals surface area contributed by atoms with Crippen LogP contribution in [-0.2, 0) is 19.1 Å². The van der Waals surface area contributed by atoms with Gasteiger partial charge in [-0.1, -0.05) is 373 Å². The smallest absolute Gasteiger partial charge is 0.306 e. The lowest BCUT2D eigenvalue weighted by atomic mass is 10.0. The fourth-order valence-corrected chi connectivity index (χ4v) is 10.9. The zero-order valence-electron chi connectivity index (χ0n) is 49.5. The van der Waals surface area contributed by atoms with E-state index in [1.54, 1.807) is 0 Å². The number of ether oxygens (including phenoxy) is 2. The molecule has 0 radical (unpaired) electrons. The Morgan fingerprint density at radius 3 is 0.611 bits per heavy atom. The number of aliphatic hydroxyl groups excluding tert-OH is 1. The second-order valence-electron chi connectivity index (χ2n) is 23.3.